The first-order valence-electron chi connectivity index (χ1n) is 5.63. The van der Waals surface area contributed by atoms with Crippen molar-refractivity contribution in [1.82, 2.24) is 10.2 Å². The second kappa shape index (κ2) is 5.26. The summed E-state index contributed by atoms with van der Waals surface area (Å²) >= 11 is 0. The van der Waals surface area contributed by atoms with Gasteiger partial charge in [0.15, 0.2) is 0 Å². The first kappa shape index (κ1) is 12.2. The molecule has 2 atom stereocenters. The zero-order valence-corrected chi connectivity index (χ0v) is 9.75. The van der Waals surface area contributed by atoms with Crippen molar-refractivity contribution in [3.8, 4) is 0 Å². The van der Waals surface area contributed by atoms with Gasteiger partial charge in [0.25, 0.3) is 0 Å². The van der Waals surface area contributed by atoms with Crippen LogP contribution in [0.15, 0.2) is 0 Å². The fourth-order valence-electron chi connectivity index (χ4n) is 1.87. The molecular weight excluding hydrogens is 192 g/mol. The van der Waals surface area contributed by atoms with E-state index in [-0.39, 0.29) is 24.4 Å². The zero-order valence-electron chi connectivity index (χ0n) is 9.75. The largest absolute Gasteiger partial charge is 0.298 e. The third-order valence-electron chi connectivity index (χ3n) is 2.77. The maximum Gasteiger partial charge on any atom is 0.246 e. The molecule has 2 unspecified atom stereocenters. The van der Waals surface area contributed by atoms with Crippen molar-refractivity contribution in [3.05, 3.63) is 0 Å². The molecule has 0 saturated carbocycles. The number of imide groups is 1. The highest BCUT2D eigenvalue weighted by atomic mass is 16.2. The van der Waals surface area contributed by atoms with Crippen molar-refractivity contribution < 1.29 is 9.59 Å². The molecule has 4 heteroatoms. The predicted octanol–water partition coefficient (Wildman–Crippen LogP) is 0.769. The Labute approximate surface area is 91.0 Å². The van der Waals surface area contributed by atoms with E-state index in [9.17, 15) is 9.59 Å². The van der Waals surface area contributed by atoms with Gasteiger partial charge in [-0.2, -0.15) is 0 Å². The highest BCUT2D eigenvalue weighted by Gasteiger charge is 2.31. The van der Waals surface area contributed by atoms with Gasteiger partial charge in [0.2, 0.25) is 11.8 Å². The minimum Gasteiger partial charge on any atom is -0.298 e. The van der Waals surface area contributed by atoms with Crippen molar-refractivity contribution in [2.45, 2.75) is 39.7 Å². The molecule has 0 spiro atoms. The van der Waals surface area contributed by atoms with Crippen LogP contribution in [0.3, 0.4) is 0 Å². The standard InChI is InChI=1S/C11H20N2O2/c1-4-5-8(2)7-13-10(14)6-12-9(3)11(13)15/h8-9,12H,4-7H2,1-3H3. The third kappa shape index (κ3) is 3.02. The van der Waals surface area contributed by atoms with Crippen LogP contribution in [-0.4, -0.2) is 35.8 Å². The van der Waals surface area contributed by atoms with Gasteiger partial charge in [-0.3, -0.25) is 19.8 Å². The Balaban J connectivity index is 2.57. The monoisotopic (exact) mass is 212 g/mol. The summed E-state index contributed by atoms with van der Waals surface area (Å²) in [6.07, 6.45) is 2.14. The minimum atomic E-state index is -0.225. The smallest absolute Gasteiger partial charge is 0.246 e. The molecular formula is C11H20N2O2. The molecule has 1 saturated heterocycles. The molecule has 0 radical (unpaired) electrons. The van der Waals surface area contributed by atoms with Crippen LogP contribution in [0, 0.1) is 5.92 Å². The summed E-state index contributed by atoms with van der Waals surface area (Å²) in [6, 6.07) is -0.225. The van der Waals surface area contributed by atoms with E-state index in [0.717, 1.165) is 12.8 Å². The number of carbonyl (C=O) groups is 2. The Hall–Kier alpha value is -0.900. The fraction of sp³-hybridized carbons (Fsp3) is 0.818. The molecule has 86 valence electrons. The summed E-state index contributed by atoms with van der Waals surface area (Å²) in [5, 5.41) is 2.88. The molecule has 1 rings (SSSR count). The average molecular weight is 212 g/mol. The number of hydrogen-bond acceptors (Lipinski definition) is 3. The minimum absolute atomic E-state index is 0.0887. The Kier molecular flexibility index (Phi) is 4.27. The van der Waals surface area contributed by atoms with E-state index in [1.54, 1.807) is 6.92 Å². The third-order valence-corrected chi connectivity index (χ3v) is 2.77. The van der Waals surface area contributed by atoms with Crippen LogP contribution < -0.4 is 5.32 Å². The second-order valence-corrected chi connectivity index (χ2v) is 4.34. The molecule has 1 aliphatic heterocycles. The molecule has 1 heterocycles. The highest BCUT2D eigenvalue weighted by Crippen LogP contribution is 2.11. The summed E-state index contributed by atoms with van der Waals surface area (Å²) < 4.78 is 0. The van der Waals surface area contributed by atoms with Crippen LogP contribution >= 0.6 is 0 Å². The molecule has 4 nitrogen and oxygen atoms in total. The molecule has 1 N–H and O–H groups in total. The van der Waals surface area contributed by atoms with Crippen molar-refractivity contribution in [2.75, 3.05) is 13.1 Å². The molecule has 0 aromatic rings. The SMILES string of the molecule is CCCC(C)CN1C(=O)CNC(C)C1=O. The van der Waals surface area contributed by atoms with E-state index in [1.165, 1.54) is 4.90 Å². The average Bonchev–Trinajstić information content (AvgIpc) is 2.19. The zero-order chi connectivity index (χ0) is 11.4. The van der Waals surface area contributed by atoms with Crippen molar-refractivity contribution in [1.29, 1.82) is 0 Å². The molecule has 1 fully saturated rings. The fourth-order valence-corrected chi connectivity index (χ4v) is 1.87. The van der Waals surface area contributed by atoms with Gasteiger partial charge < -0.3 is 0 Å². The summed E-state index contributed by atoms with van der Waals surface area (Å²) in [5.74, 6) is 0.212. The van der Waals surface area contributed by atoms with Gasteiger partial charge in [-0.1, -0.05) is 20.3 Å². The molecule has 0 aliphatic carbocycles. The summed E-state index contributed by atoms with van der Waals surface area (Å²) in [6.45, 7) is 6.84. The highest BCUT2D eigenvalue weighted by molar-refractivity contribution is 6.00. The van der Waals surface area contributed by atoms with E-state index in [2.05, 4.69) is 19.2 Å². The number of carbonyl (C=O) groups excluding carboxylic acids is 2. The lowest BCUT2D eigenvalue weighted by Gasteiger charge is -2.31. The second-order valence-electron chi connectivity index (χ2n) is 4.34. The Bertz CT molecular complexity index is 253. The van der Waals surface area contributed by atoms with E-state index < -0.39 is 0 Å². The normalized spacial score (nSPS) is 24.5. The molecule has 2 amide bonds. The Morgan fingerprint density at radius 2 is 2.20 bits per heavy atom. The Morgan fingerprint density at radius 3 is 2.80 bits per heavy atom. The maximum absolute atomic E-state index is 11.7. The lowest BCUT2D eigenvalue weighted by Crippen LogP contribution is -2.57. The number of hydrogen-bond donors (Lipinski definition) is 1. The molecule has 0 aromatic heterocycles. The summed E-state index contributed by atoms with van der Waals surface area (Å²) in [4.78, 5) is 24.7. The van der Waals surface area contributed by atoms with E-state index >= 15 is 0 Å². The van der Waals surface area contributed by atoms with Gasteiger partial charge in [0, 0.05) is 6.54 Å². The van der Waals surface area contributed by atoms with Gasteiger partial charge in [-0.25, -0.2) is 0 Å². The Morgan fingerprint density at radius 1 is 1.53 bits per heavy atom. The number of nitrogens with zero attached hydrogens (tertiary/aromatic N) is 1. The predicted molar refractivity (Wildman–Crippen MR) is 58.3 cm³/mol. The lowest BCUT2D eigenvalue weighted by atomic mass is 10.0. The number of rotatable bonds is 4. The van der Waals surface area contributed by atoms with Crippen molar-refractivity contribution in [2.24, 2.45) is 5.92 Å². The number of amides is 2. The summed E-state index contributed by atoms with van der Waals surface area (Å²) in [5.41, 5.74) is 0. The van der Waals surface area contributed by atoms with Gasteiger partial charge in [-0.05, 0) is 19.3 Å². The van der Waals surface area contributed by atoms with Crippen LogP contribution in [-0.2, 0) is 9.59 Å². The number of piperazine rings is 1. The summed E-state index contributed by atoms with van der Waals surface area (Å²) in [7, 11) is 0. The van der Waals surface area contributed by atoms with Crippen LogP contribution in [0.4, 0.5) is 0 Å². The van der Waals surface area contributed by atoms with E-state index in [1.807, 2.05) is 0 Å². The van der Waals surface area contributed by atoms with Gasteiger partial charge in [-0.15, -0.1) is 0 Å². The van der Waals surface area contributed by atoms with Crippen LogP contribution in [0.1, 0.15) is 33.6 Å². The first-order chi connectivity index (χ1) is 7.06. The van der Waals surface area contributed by atoms with Gasteiger partial charge >= 0.3 is 0 Å². The van der Waals surface area contributed by atoms with Gasteiger partial charge in [0.05, 0.1) is 12.6 Å². The van der Waals surface area contributed by atoms with E-state index in [0.29, 0.717) is 12.5 Å². The maximum atomic E-state index is 11.7. The first-order valence-corrected chi connectivity index (χ1v) is 5.63. The topological polar surface area (TPSA) is 49.4 Å². The lowest BCUT2D eigenvalue weighted by molar-refractivity contribution is -0.149. The van der Waals surface area contributed by atoms with Crippen LogP contribution in [0.5, 0.6) is 0 Å². The van der Waals surface area contributed by atoms with Crippen LogP contribution in [0.25, 0.3) is 0 Å². The molecule has 0 bridgehead atoms. The van der Waals surface area contributed by atoms with Crippen molar-refractivity contribution >= 4 is 11.8 Å². The van der Waals surface area contributed by atoms with Crippen molar-refractivity contribution in [3.63, 3.8) is 0 Å². The quantitative estimate of drug-likeness (QED) is 0.700. The van der Waals surface area contributed by atoms with E-state index in [4.69, 9.17) is 0 Å². The molecule has 1 aliphatic rings. The van der Waals surface area contributed by atoms with Crippen LogP contribution in [0.2, 0.25) is 0 Å². The number of nitrogens with one attached hydrogen (secondary N) is 1. The molecule has 15 heavy (non-hydrogen) atoms. The van der Waals surface area contributed by atoms with Gasteiger partial charge in [0.1, 0.15) is 0 Å². The molecule has 0 aromatic carbocycles.